The van der Waals surface area contributed by atoms with E-state index in [0.717, 1.165) is 11.1 Å². The van der Waals surface area contributed by atoms with Gasteiger partial charge in [-0.1, -0.05) is 18.2 Å². The molecule has 2 aromatic rings. The molecule has 2 aromatic carbocycles. The van der Waals surface area contributed by atoms with Crippen LogP contribution in [0, 0.1) is 5.82 Å². The monoisotopic (exact) mass is 288 g/mol. The Morgan fingerprint density at radius 1 is 1.19 bits per heavy atom. The fourth-order valence-electron chi connectivity index (χ4n) is 2.67. The van der Waals surface area contributed by atoms with Gasteiger partial charge in [-0.05, 0) is 34.9 Å². The molecule has 0 fully saturated rings. The van der Waals surface area contributed by atoms with Crippen molar-refractivity contribution in [2.45, 2.75) is 19.3 Å². The molecule has 1 heterocycles. The number of ether oxygens (including phenoxy) is 2. The molecule has 0 aliphatic carbocycles. The third-order valence-corrected chi connectivity index (χ3v) is 3.75. The van der Waals surface area contributed by atoms with E-state index in [9.17, 15) is 4.39 Å². The molecule has 0 aromatic heterocycles. The Kier molecular flexibility index (Phi) is 3.88. The summed E-state index contributed by atoms with van der Waals surface area (Å²) in [6, 6.07) is 10.1. The zero-order valence-electron chi connectivity index (χ0n) is 11.7. The van der Waals surface area contributed by atoms with Crippen LogP contribution in [-0.2, 0) is 18.0 Å². The average molecular weight is 288 g/mol. The predicted molar refractivity (Wildman–Crippen MR) is 77.1 cm³/mol. The fraction of sp³-hybridized carbons (Fsp3) is 0.250. The van der Waals surface area contributed by atoms with Crippen LogP contribution in [0.5, 0.6) is 5.75 Å². The summed E-state index contributed by atoms with van der Waals surface area (Å²) >= 11 is 0. The van der Waals surface area contributed by atoms with Gasteiger partial charge in [0.1, 0.15) is 11.6 Å². The first-order valence-corrected chi connectivity index (χ1v) is 6.72. The number of nitrogens with one attached hydrogen (secondary N) is 1. The van der Waals surface area contributed by atoms with Crippen molar-refractivity contribution in [3.63, 3.8) is 0 Å². The third-order valence-electron chi connectivity index (χ3n) is 3.75. The number of hydrogen-bond acceptors (Lipinski definition) is 4. The molecule has 3 N–H and O–H groups in total. The SMILES string of the molecule is COc1ccc(F)cc1C(NN)c1ccc2c(c1)COC2. The van der Waals surface area contributed by atoms with Crippen molar-refractivity contribution >= 4 is 0 Å². The number of halogens is 1. The van der Waals surface area contributed by atoms with E-state index in [0.29, 0.717) is 24.5 Å². The Morgan fingerprint density at radius 2 is 2.00 bits per heavy atom. The van der Waals surface area contributed by atoms with E-state index in [1.165, 1.54) is 17.7 Å². The fourth-order valence-corrected chi connectivity index (χ4v) is 2.67. The largest absolute Gasteiger partial charge is 0.496 e. The molecule has 0 amide bonds. The summed E-state index contributed by atoms with van der Waals surface area (Å²) < 4.78 is 24.3. The maximum absolute atomic E-state index is 13.6. The molecule has 0 saturated carbocycles. The zero-order valence-corrected chi connectivity index (χ0v) is 11.7. The highest BCUT2D eigenvalue weighted by Gasteiger charge is 2.20. The quantitative estimate of drug-likeness (QED) is 0.670. The maximum Gasteiger partial charge on any atom is 0.124 e. The lowest BCUT2D eigenvalue weighted by molar-refractivity contribution is 0.134. The first kappa shape index (κ1) is 14.0. The van der Waals surface area contributed by atoms with Gasteiger partial charge in [-0.3, -0.25) is 5.84 Å². The van der Waals surface area contributed by atoms with Gasteiger partial charge in [0.05, 0.1) is 26.4 Å². The van der Waals surface area contributed by atoms with E-state index < -0.39 is 0 Å². The van der Waals surface area contributed by atoms with Gasteiger partial charge in [-0.15, -0.1) is 0 Å². The first-order valence-electron chi connectivity index (χ1n) is 6.72. The summed E-state index contributed by atoms with van der Waals surface area (Å²) in [6.45, 7) is 1.24. The van der Waals surface area contributed by atoms with Crippen molar-refractivity contribution in [2.75, 3.05) is 7.11 Å². The van der Waals surface area contributed by atoms with Crippen LogP contribution in [0.2, 0.25) is 0 Å². The molecule has 1 unspecified atom stereocenters. The van der Waals surface area contributed by atoms with Gasteiger partial charge in [0.15, 0.2) is 0 Å². The molecule has 0 saturated heterocycles. The summed E-state index contributed by atoms with van der Waals surface area (Å²) in [5.41, 5.74) is 6.68. The van der Waals surface area contributed by atoms with Crippen molar-refractivity contribution in [3.8, 4) is 5.75 Å². The standard InChI is InChI=1S/C16H17FN2O2/c1-20-15-5-4-13(17)7-14(15)16(19-18)10-2-3-11-8-21-9-12(11)6-10/h2-7,16,19H,8-9,18H2,1H3. The van der Waals surface area contributed by atoms with E-state index in [-0.39, 0.29) is 11.9 Å². The summed E-state index contributed by atoms with van der Waals surface area (Å²) in [5, 5.41) is 0. The number of methoxy groups -OCH3 is 1. The Labute approximate surface area is 122 Å². The summed E-state index contributed by atoms with van der Waals surface area (Å²) in [5.74, 6) is 5.97. The molecule has 4 nitrogen and oxygen atoms in total. The van der Waals surface area contributed by atoms with E-state index >= 15 is 0 Å². The van der Waals surface area contributed by atoms with Crippen LogP contribution < -0.4 is 16.0 Å². The van der Waals surface area contributed by atoms with E-state index in [4.69, 9.17) is 15.3 Å². The van der Waals surface area contributed by atoms with Crippen molar-refractivity contribution in [2.24, 2.45) is 5.84 Å². The summed E-state index contributed by atoms with van der Waals surface area (Å²) in [4.78, 5) is 0. The molecular weight excluding hydrogens is 271 g/mol. The van der Waals surface area contributed by atoms with Gasteiger partial charge in [0, 0.05) is 5.56 Å². The Hall–Kier alpha value is -1.95. The molecule has 1 aliphatic heterocycles. The normalized spacial score (nSPS) is 14.8. The van der Waals surface area contributed by atoms with E-state index in [1.54, 1.807) is 13.2 Å². The number of benzene rings is 2. The summed E-state index contributed by atoms with van der Waals surface area (Å²) in [7, 11) is 1.56. The number of rotatable bonds is 4. The Balaban J connectivity index is 2.04. The van der Waals surface area contributed by atoms with Crippen LogP contribution in [0.4, 0.5) is 4.39 Å². The minimum atomic E-state index is -0.346. The van der Waals surface area contributed by atoms with Crippen LogP contribution in [0.1, 0.15) is 28.3 Å². The lowest BCUT2D eigenvalue weighted by atomic mass is 9.95. The smallest absolute Gasteiger partial charge is 0.124 e. The summed E-state index contributed by atoms with van der Waals surface area (Å²) in [6.07, 6.45) is 0. The second kappa shape index (κ2) is 5.81. The van der Waals surface area contributed by atoms with Crippen LogP contribution in [-0.4, -0.2) is 7.11 Å². The molecule has 0 bridgehead atoms. The number of hydrogen-bond donors (Lipinski definition) is 2. The second-order valence-electron chi connectivity index (χ2n) is 5.01. The Bertz CT molecular complexity index is 661. The Morgan fingerprint density at radius 3 is 2.76 bits per heavy atom. The minimum absolute atomic E-state index is 0.324. The van der Waals surface area contributed by atoms with Crippen LogP contribution in [0.15, 0.2) is 36.4 Å². The maximum atomic E-state index is 13.6. The minimum Gasteiger partial charge on any atom is -0.496 e. The highest BCUT2D eigenvalue weighted by Crippen LogP contribution is 2.32. The van der Waals surface area contributed by atoms with Gasteiger partial charge in [-0.25, -0.2) is 9.82 Å². The van der Waals surface area contributed by atoms with Crippen molar-refractivity contribution in [3.05, 3.63) is 64.5 Å². The molecule has 3 rings (SSSR count). The van der Waals surface area contributed by atoms with Gasteiger partial charge in [0.2, 0.25) is 0 Å². The molecule has 1 aliphatic rings. The van der Waals surface area contributed by atoms with Crippen LogP contribution in [0.3, 0.4) is 0 Å². The van der Waals surface area contributed by atoms with Gasteiger partial charge in [0.25, 0.3) is 0 Å². The van der Waals surface area contributed by atoms with Gasteiger partial charge in [-0.2, -0.15) is 0 Å². The molecule has 0 spiro atoms. The predicted octanol–water partition coefficient (Wildman–Crippen LogP) is 2.42. The second-order valence-corrected chi connectivity index (χ2v) is 5.01. The van der Waals surface area contributed by atoms with Crippen LogP contribution >= 0.6 is 0 Å². The lowest BCUT2D eigenvalue weighted by Crippen LogP contribution is -2.29. The lowest BCUT2D eigenvalue weighted by Gasteiger charge is -2.20. The van der Waals surface area contributed by atoms with Crippen molar-refractivity contribution < 1.29 is 13.9 Å². The molecule has 0 radical (unpaired) electrons. The number of nitrogens with two attached hydrogens (primary N) is 1. The molecule has 1 atom stereocenters. The molecule has 5 heteroatoms. The number of hydrazine groups is 1. The van der Waals surface area contributed by atoms with Gasteiger partial charge >= 0.3 is 0 Å². The van der Waals surface area contributed by atoms with E-state index in [2.05, 4.69) is 5.43 Å². The van der Waals surface area contributed by atoms with Crippen LogP contribution in [0.25, 0.3) is 0 Å². The van der Waals surface area contributed by atoms with Crippen molar-refractivity contribution in [1.29, 1.82) is 0 Å². The third kappa shape index (κ3) is 2.63. The first-order chi connectivity index (χ1) is 10.2. The zero-order chi connectivity index (χ0) is 14.8. The highest BCUT2D eigenvalue weighted by molar-refractivity contribution is 5.44. The molecule has 110 valence electrons. The van der Waals surface area contributed by atoms with Gasteiger partial charge < -0.3 is 9.47 Å². The highest BCUT2D eigenvalue weighted by atomic mass is 19.1. The molecular formula is C16H17FN2O2. The van der Waals surface area contributed by atoms with Crippen molar-refractivity contribution in [1.82, 2.24) is 5.43 Å². The topological polar surface area (TPSA) is 56.5 Å². The molecule has 21 heavy (non-hydrogen) atoms. The van der Waals surface area contributed by atoms with E-state index in [1.807, 2.05) is 18.2 Å². The number of fused-ring (bicyclic) bond motifs is 1. The average Bonchev–Trinajstić information content (AvgIpc) is 2.96.